The van der Waals surface area contributed by atoms with E-state index < -0.39 is 10.0 Å². The number of hydrogen-bond acceptors (Lipinski definition) is 6. The van der Waals surface area contributed by atoms with Gasteiger partial charge in [0.15, 0.2) is 0 Å². The van der Waals surface area contributed by atoms with Crippen molar-refractivity contribution in [3.8, 4) is 5.75 Å². The molecule has 2 aromatic carbocycles. The van der Waals surface area contributed by atoms with E-state index in [2.05, 4.69) is 9.62 Å². The molecule has 2 aromatic rings. The van der Waals surface area contributed by atoms with Gasteiger partial charge in [0.2, 0.25) is 15.9 Å². The SMILES string of the molecule is COc1ccc(S(=O)(=O)NCCc2ccc(F)cc2)cc1N1CCN(C(=O)CCSC)CC1. The van der Waals surface area contributed by atoms with Crippen LogP contribution in [0.25, 0.3) is 0 Å². The van der Waals surface area contributed by atoms with Crippen LogP contribution in [0.2, 0.25) is 0 Å². The monoisotopic (exact) mass is 495 g/mol. The van der Waals surface area contributed by atoms with E-state index in [0.29, 0.717) is 50.5 Å². The van der Waals surface area contributed by atoms with Gasteiger partial charge in [-0.3, -0.25) is 4.79 Å². The summed E-state index contributed by atoms with van der Waals surface area (Å²) in [6, 6.07) is 10.8. The van der Waals surface area contributed by atoms with Gasteiger partial charge in [0, 0.05) is 44.9 Å². The molecule has 0 atom stereocenters. The van der Waals surface area contributed by atoms with E-state index in [-0.39, 0.29) is 23.2 Å². The number of benzene rings is 2. The summed E-state index contributed by atoms with van der Waals surface area (Å²) in [7, 11) is -2.18. The van der Waals surface area contributed by atoms with Crippen molar-refractivity contribution in [2.45, 2.75) is 17.7 Å². The van der Waals surface area contributed by atoms with Gasteiger partial charge in [-0.25, -0.2) is 17.5 Å². The first-order chi connectivity index (χ1) is 15.8. The van der Waals surface area contributed by atoms with Crippen LogP contribution in [0.3, 0.4) is 0 Å². The van der Waals surface area contributed by atoms with Gasteiger partial charge in [-0.1, -0.05) is 12.1 Å². The Morgan fingerprint density at radius 1 is 1.12 bits per heavy atom. The molecule has 1 N–H and O–H groups in total. The summed E-state index contributed by atoms with van der Waals surface area (Å²) in [5, 5.41) is 0. The number of sulfonamides is 1. The summed E-state index contributed by atoms with van der Waals surface area (Å²) >= 11 is 1.65. The molecule has 1 saturated heterocycles. The van der Waals surface area contributed by atoms with E-state index in [1.165, 1.54) is 18.2 Å². The van der Waals surface area contributed by atoms with Gasteiger partial charge in [-0.15, -0.1) is 0 Å². The van der Waals surface area contributed by atoms with Crippen molar-refractivity contribution in [3.05, 3.63) is 53.8 Å². The quantitative estimate of drug-likeness (QED) is 0.546. The van der Waals surface area contributed by atoms with Crippen LogP contribution in [-0.2, 0) is 21.2 Å². The first-order valence-electron chi connectivity index (χ1n) is 10.8. The molecule has 3 rings (SSSR count). The zero-order valence-electron chi connectivity index (χ0n) is 18.9. The summed E-state index contributed by atoms with van der Waals surface area (Å²) < 4.78 is 46.9. The molecule has 0 spiro atoms. The van der Waals surface area contributed by atoms with Crippen molar-refractivity contribution in [1.82, 2.24) is 9.62 Å². The molecule has 0 unspecified atom stereocenters. The predicted molar refractivity (Wildman–Crippen MR) is 130 cm³/mol. The number of piperazine rings is 1. The lowest BCUT2D eigenvalue weighted by atomic mass is 10.1. The van der Waals surface area contributed by atoms with Crippen molar-refractivity contribution < 1.29 is 22.3 Å². The molecule has 1 aliphatic heterocycles. The Bertz CT molecular complexity index is 1040. The molecule has 0 bridgehead atoms. The molecular formula is C23H30FN3O4S2. The molecule has 33 heavy (non-hydrogen) atoms. The number of thioether (sulfide) groups is 1. The summed E-state index contributed by atoms with van der Waals surface area (Å²) in [5.41, 5.74) is 1.54. The second-order valence-electron chi connectivity index (χ2n) is 7.72. The van der Waals surface area contributed by atoms with Crippen molar-refractivity contribution in [1.29, 1.82) is 0 Å². The van der Waals surface area contributed by atoms with Crippen LogP contribution in [-0.4, -0.2) is 71.1 Å². The minimum atomic E-state index is -3.73. The van der Waals surface area contributed by atoms with Crippen LogP contribution in [0.4, 0.5) is 10.1 Å². The fourth-order valence-corrected chi connectivity index (χ4v) is 5.12. The van der Waals surface area contributed by atoms with E-state index in [1.54, 1.807) is 43.1 Å². The van der Waals surface area contributed by atoms with Crippen LogP contribution in [0.5, 0.6) is 5.75 Å². The number of nitrogens with one attached hydrogen (secondary N) is 1. The van der Waals surface area contributed by atoms with Crippen LogP contribution in [0, 0.1) is 5.82 Å². The zero-order valence-corrected chi connectivity index (χ0v) is 20.6. The van der Waals surface area contributed by atoms with Gasteiger partial charge < -0.3 is 14.5 Å². The summed E-state index contributed by atoms with van der Waals surface area (Å²) in [4.78, 5) is 16.3. The lowest BCUT2D eigenvalue weighted by Gasteiger charge is -2.36. The number of carbonyl (C=O) groups is 1. The number of halogens is 1. The van der Waals surface area contributed by atoms with Crippen molar-refractivity contribution in [2.24, 2.45) is 0 Å². The standard InChI is InChI=1S/C23H30FN3O4S2/c1-31-22-8-7-20(33(29,30)25-11-9-18-3-5-19(24)6-4-18)17-21(22)26-12-14-27(15-13-26)23(28)10-16-32-2/h3-8,17,25H,9-16H2,1-2H3. The van der Waals surface area contributed by atoms with E-state index in [0.717, 1.165) is 11.3 Å². The summed E-state index contributed by atoms with van der Waals surface area (Å²) in [6.45, 7) is 2.57. The van der Waals surface area contributed by atoms with E-state index >= 15 is 0 Å². The van der Waals surface area contributed by atoms with Gasteiger partial charge in [-0.05, 0) is 48.6 Å². The topological polar surface area (TPSA) is 79.0 Å². The molecule has 0 saturated carbocycles. The number of rotatable bonds is 10. The Kier molecular flexibility index (Phi) is 8.99. The summed E-state index contributed by atoms with van der Waals surface area (Å²) in [5.74, 6) is 1.22. The Morgan fingerprint density at radius 2 is 1.82 bits per heavy atom. The average molecular weight is 496 g/mol. The highest BCUT2D eigenvalue weighted by atomic mass is 32.2. The lowest BCUT2D eigenvalue weighted by Crippen LogP contribution is -2.49. The molecule has 1 amide bonds. The van der Waals surface area contributed by atoms with Gasteiger partial charge in [0.1, 0.15) is 11.6 Å². The third-order valence-corrected chi connectivity index (χ3v) is 7.64. The second-order valence-corrected chi connectivity index (χ2v) is 10.5. The molecular weight excluding hydrogens is 465 g/mol. The zero-order chi connectivity index (χ0) is 23.8. The van der Waals surface area contributed by atoms with Crippen LogP contribution >= 0.6 is 11.8 Å². The molecule has 0 radical (unpaired) electrons. The molecule has 180 valence electrons. The van der Waals surface area contributed by atoms with Crippen molar-refractivity contribution in [3.63, 3.8) is 0 Å². The second kappa shape index (κ2) is 11.7. The third kappa shape index (κ3) is 6.84. The number of hydrogen-bond donors (Lipinski definition) is 1. The van der Waals surface area contributed by atoms with E-state index in [4.69, 9.17) is 4.74 Å². The molecule has 1 fully saturated rings. The Morgan fingerprint density at radius 3 is 2.45 bits per heavy atom. The normalized spacial score (nSPS) is 14.4. The molecule has 1 heterocycles. The minimum Gasteiger partial charge on any atom is -0.495 e. The number of carbonyl (C=O) groups excluding carboxylic acids is 1. The number of anilines is 1. The summed E-state index contributed by atoms with van der Waals surface area (Å²) in [6.07, 6.45) is 2.97. The third-order valence-electron chi connectivity index (χ3n) is 5.57. The maximum Gasteiger partial charge on any atom is 0.240 e. The molecule has 0 aliphatic carbocycles. The number of amides is 1. The number of ether oxygens (including phenoxy) is 1. The highest BCUT2D eigenvalue weighted by Crippen LogP contribution is 2.31. The van der Waals surface area contributed by atoms with E-state index in [9.17, 15) is 17.6 Å². The van der Waals surface area contributed by atoms with Crippen molar-refractivity contribution in [2.75, 3.05) is 56.7 Å². The molecule has 1 aliphatic rings. The highest BCUT2D eigenvalue weighted by molar-refractivity contribution is 7.98. The average Bonchev–Trinajstić information content (AvgIpc) is 2.83. The first kappa shape index (κ1) is 25.3. The van der Waals surface area contributed by atoms with Crippen LogP contribution in [0.15, 0.2) is 47.4 Å². The fraction of sp³-hybridized carbons (Fsp3) is 0.435. The Balaban J connectivity index is 1.66. The largest absolute Gasteiger partial charge is 0.495 e. The first-order valence-corrected chi connectivity index (χ1v) is 13.7. The van der Waals surface area contributed by atoms with Gasteiger partial charge >= 0.3 is 0 Å². The van der Waals surface area contributed by atoms with Gasteiger partial charge in [-0.2, -0.15) is 11.8 Å². The maximum atomic E-state index is 13.0. The van der Waals surface area contributed by atoms with E-state index in [1.807, 2.05) is 11.2 Å². The molecule has 7 nitrogen and oxygen atoms in total. The van der Waals surface area contributed by atoms with Crippen LogP contribution < -0.4 is 14.4 Å². The van der Waals surface area contributed by atoms with Crippen LogP contribution in [0.1, 0.15) is 12.0 Å². The number of nitrogens with zero attached hydrogens (tertiary/aromatic N) is 2. The Labute approximate surface area is 199 Å². The molecule has 0 aromatic heterocycles. The minimum absolute atomic E-state index is 0.149. The number of methoxy groups -OCH3 is 1. The lowest BCUT2D eigenvalue weighted by molar-refractivity contribution is -0.131. The Hall–Kier alpha value is -2.30. The maximum absolute atomic E-state index is 13.0. The smallest absolute Gasteiger partial charge is 0.240 e. The predicted octanol–water partition coefficient (Wildman–Crippen LogP) is 2.76. The molecule has 10 heteroatoms. The fourth-order valence-electron chi connectivity index (χ4n) is 3.69. The van der Waals surface area contributed by atoms with Gasteiger partial charge in [0.05, 0.1) is 17.7 Å². The van der Waals surface area contributed by atoms with Gasteiger partial charge in [0.25, 0.3) is 0 Å². The highest BCUT2D eigenvalue weighted by Gasteiger charge is 2.24. The van der Waals surface area contributed by atoms with Crippen molar-refractivity contribution >= 4 is 33.4 Å².